The van der Waals surface area contributed by atoms with Crippen LogP contribution in [-0.2, 0) is 6.42 Å². The van der Waals surface area contributed by atoms with Gasteiger partial charge in [-0.25, -0.2) is 0 Å². The molecule has 0 aliphatic heterocycles. The van der Waals surface area contributed by atoms with Gasteiger partial charge in [-0.15, -0.1) is 0 Å². The van der Waals surface area contributed by atoms with Crippen LogP contribution in [0.15, 0.2) is 18.2 Å². The lowest BCUT2D eigenvalue weighted by Gasteiger charge is -2.05. The molecule has 12 heavy (non-hydrogen) atoms. The molecule has 0 atom stereocenters. The zero-order chi connectivity index (χ0) is 8.55. The Bertz CT molecular complexity index is 287. The smallest absolute Gasteiger partial charge is 0.0346 e. The van der Waals surface area contributed by atoms with Gasteiger partial charge in [-0.3, -0.25) is 0 Å². The lowest BCUT2D eigenvalue weighted by atomic mass is 10.0. The fourth-order valence-corrected chi connectivity index (χ4v) is 1.54. The summed E-state index contributed by atoms with van der Waals surface area (Å²) in [7, 11) is 0. The van der Waals surface area contributed by atoms with Gasteiger partial charge in [-0.2, -0.15) is 0 Å². The molecule has 1 aromatic carbocycles. The largest absolute Gasteiger partial charge is 0.399 e. The molecular formula is C11H15N. The van der Waals surface area contributed by atoms with Crippen molar-refractivity contribution in [2.24, 2.45) is 5.92 Å². The molecular weight excluding hydrogens is 146 g/mol. The maximum atomic E-state index is 5.87. The van der Waals surface area contributed by atoms with E-state index in [1.54, 1.807) is 0 Å². The SMILES string of the molecule is Cc1ccc(N)c(CC2CC2)c1. The zero-order valence-corrected chi connectivity index (χ0v) is 7.51. The van der Waals surface area contributed by atoms with Crippen molar-refractivity contribution in [2.75, 3.05) is 5.73 Å². The van der Waals surface area contributed by atoms with E-state index in [0.717, 1.165) is 11.6 Å². The minimum Gasteiger partial charge on any atom is -0.399 e. The summed E-state index contributed by atoms with van der Waals surface area (Å²) in [5, 5.41) is 0. The Balaban J connectivity index is 2.21. The van der Waals surface area contributed by atoms with Gasteiger partial charge in [0.15, 0.2) is 0 Å². The van der Waals surface area contributed by atoms with Gasteiger partial charge < -0.3 is 5.73 Å². The molecule has 0 aromatic heterocycles. The van der Waals surface area contributed by atoms with Crippen LogP contribution in [0.3, 0.4) is 0 Å². The van der Waals surface area contributed by atoms with Crippen LogP contribution in [0.25, 0.3) is 0 Å². The van der Waals surface area contributed by atoms with Gasteiger partial charge >= 0.3 is 0 Å². The average Bonchev–Trinajstić information content (AvgIpc) is 2.81. The third kappa shape index (κ3) is 1.60. The average molecular weight is 161 g/mol. The molecule has 1 heteroatoms. The first kappa shape index (κ1) is 7.66. The number of hydrogen-bond acceptors (Lipinski definition) is 1. The standard InChI is InChI=1S/C11H15N/c1-8-2-5-11(12)10(6-8)7-9-3-4-9/h2,5-6,9H,3-4,7,12H2,1H3. The molecule has 64 valence electrons. The molecule has 1 aliphatic carbocycles. The molecule has 1 aliphatic rings. The molecule has 0 bridgehead atoms. The molecule has 0 saturated heterocycles. The van der Waals surface area contributed by atoms with E-state index in [1.165, 1.54) is 30.4 Å². The molecule has 0 radical (unpaired) electrons. The van der Waals surface area contributed by atoms with Crippen molar-refractivity contribution in [1.82, 2.24) is 0 Å². The molecule has 0 amide bonds. The number of anilines is 1. The number of nitrogens with two attached hydrogens (primary N) is 1. The molecule has 1 fully saturated rings. The second kappa shape index (κ2) is 2.81. The van der Waals surface area contributed by atoms with Crippen LogP contribution in [0.1, 0.15) is 24.0 Å². The van der Waals surface area contributed by atoms with Crippen LogP contribution in [0, 0.1) is 12.8 Å². The minimum absolute atomic E-state index is 0.925. The summed E-state index contributed by atoms with van der Waals surface area (Å²) in [6.45, 7) is 2.12. The van der Waals surface area contributed by atoms with E-state index in [-0.39, 0.29) is 0 Å². The normalized spacial score (nSPS) is 16.4. The summed E-state index contributed by atoms with van der Waals surface area (Å²) < 4.78 is 0. The minimum atomic E-state index is 0.925. The third-order valence-corrected chi connectivity index (χ3v) is 2.50. The summed E-state index contributed by atoms with van der Waals surface area (Å²) in [4.78, 5) is 0. The fraction of sp³-hybridized carbons (Fsp3) is 0.455. The highest BCUT2D eigenvalue weighted by atomic mass is 14.6. The number of nitrogen functional groups attached to an aromatic ring is 1. The summed E-state index contributed by atoms with van der Waals surface area (Å²) in [6, 6.07) is 6.31. The first-order valence-electron chi connectivity index (χ1n) is 4.61. The van der Waals surface area contributed by atoms with Crippen molar-refractivity contribution in [3.05, 3.63) is 29.3 Å². The monoisotopic (exact) mass is 161 g/mol. The Hall–Kier alpha value is -0.980. The Kier molecular flexibility index (Phi) is 1.80. The molecule has 2 rings (SSSR count). The van der Waals surface area contributed by atoms with E-state index in [9.17, 15) is 0 Å². The zero-order valence-electron chi connectivity index (χ0n) is 7.51. The predicted octanol–water partition coefficient (Wildman–Crippen LogP) is 2.53. The third-order valence-electron chi connectivity index (χ3n) is 2.50. The van der Waals surface area contributed by atoms with Crippen molar-refractivity contribution in [3.63, 3.8) is 0 Å². The Morgan fingerprint density at radius 2 is 2.17 bits per heavy atom. The Labute approximate surface area is 73.6 Å². The number of hydrogen-bond donors (Lipinski definition) is 1. The van der Waals surface area contributed by atoms with E-state index in [2.05, 4.69) is 19.1 Å². The summed E-state index contributed by atoms with van der Waals surface area (Å²) in [6.07, 6.45) is 3.98. The van der Waals surface area contributed by atoms with Crippen molar-refractivity contribution >= 4 is 5.69 Å². The highest BCUT2D eigenvalue weighted by Crippen LogP contribution is 2.34. The molecule has 0 spiro atoms. The van der Waals surface area contributed by atoms with Crippen LogP contribution < -0.4 is 5.73 Å². The van der Waals surface area contributed by atoms with Gasteiger partial charge in [0.1, 0.15) is 0 Å². The number of rotatable bonds is 2. The first-order valence-corrected chi connectivity index (χ1v) is 4.61. The van der Waals surface area contributed by atoms with E-state index in [1.807, 2.05) is 6.07 Å². The summed E-state index contributed by atoms with van der Waals surface area (Å²) in [5.74, 6) is 0.925. The molecule has 0 heterocycles. The van der Waals surface area contributed by atoms with Crippen molar-refractivity contribution in [3.8, 4) is 0 Å². The first-order chi connectivity index (χ1) is 5.75. The molecule has 2 N–H and O–H groups in total. The topological polar surface area (TPSA) is 26.0 Å². The second-order valence-corrected chi connectivity index (χ2v) is 3.85. The van der Waals surface area contributed by atoms with Crippen LogP contribution >= 0.6 is 0 Å². The maximum Gasteiger partial charge on any atom is 0.0346 e. The second-order valence-electron chi connectivity index (χ2n) is 3.85. The van der Waals surface area contributed by atoms with E-state index in [4.69, 9.17) is 5.73 Å². The highest BCUT2D eigenvalue weighted by molar-refractivity contribution is 5.48. The van der Waals surface area contributed by atoms with E-state index in [0.29, 0.717) is 0 Å². The number of benzene rings is 1. The van der Waals surface area contributed by atoms with Gasteiger partial charge in [0, 0.05) is 5.69 Å². The lowest BCUT2D eigenvalue weighted by Crippen LogP contribution is -1.95. The lowest BCUT2D eigenvalue weighted by molar-refractivity contribution is 0.833. The maximum absolute atomic E-state index is 5.87. The summed E-state index contributed by atoms with van der Waals surface area (Å²) in [5.41, 5.74) is 9.50. The van der Waals surface area contributed by atoms with Crippen molar-refractivity contribution in [2.45, 2.75) is 26.2 Å². The Morgan fingerprint density at radius 1 is 1.42 bits per heavy atom. The van der Waals surface area contributed by atoms with Gasteiger partial charge in [0.05, 0.1) is 0 Å². The molecule has 1 saturated carbocycles. The van der Waals surface area contributed by atoms with Gasteiger partial charge in [-0.1, -0.05) is 17.7 Å². The van der Waals surface area contributed by atoms with Crippen LogP contribution in [-0.4, -0.2) is 0 Å². The summed E-state index contributed by atoms with van der Waals surface area (Å²) >= 11 is 0. The Morgan fingerprint density at radius 3 is 2.83 bits per heavy atom. The molecule has 1 aromatic rings. The van der Waals surface area contributed by atoms with Gasteiger partial charge in [0.2, 0.25) is 0 Å². The molecule has 1 nitrogen and oxygen atoms in total. The van der Waals surface area contributed by atoms with Gasteiger partial charge in [0.25, 0.3) is 0 Å². The van der Waals surface area contributed by atoms with E-state index < -0.39 is 0 Å². The quantitative estimate of drug-likeness (QED) is 0.663. The van der Waals surface area contributed by atoms with E-state index >= 15 is 0 Å². The molecule has 0 unspecified atom stereocenters. The van der Waals surface area contributed by atoms with Crippen molar-refractivity contribution in [1.29, 1.82) is 0 Å². The number of aryl methyl sites for hydroxylation is 1. The van der Waals surface area contributed by atoms with Crippen LogP contribution in [0.5, 0.6) is 0 Å². The predicted molar refractivity (Wildman–Crippen MR) is 52.0 cm³/mol. The van der Waals surface area contributed by atoms with Crippen molar-refractivity contribution < 1.29 is 0 Å². The van der Waals surface area contributed by atoms with Crippen LogP contribution in [0.2, 0.25) is 0 Å². The van der Waals surface area contributed by atoms with Crippen LogP contribution in [0.4, 0.5) is 5.69 Å². The fourth-order valence-electron chi connectivity index (χ4n) is 1.54. The highest BCUT2D eigenvalue weighted by Gasteiger charge is 2.22. The van der Waals surface area contributed by atoms with Gasteiger partial charge in [-0.05, 0) is 43.7 Å².